The highest BCUT2D eigenvalue weighted by molar-refractivity contribution is 7.21. The summed E-state index contributed by atoms with van der Waals surface area (Å²) in [4.78, 5) is 4.87. The zero-order valence-corrected chi connectivity index (χ0v) is 28.6. The van der Waals surface area contributed by atoms with E-state index < -0.39 is 0 Å². The molecule has 0 atom stereocenters. The maximum Gasteiger partial charge on any atom is 0.124 e. The van der Waals surface area contributed by atoms with E-state index in [1.807, 2.05) is 6.07 Å². The second-order valence-corrected chi connectivity index (χ2v) is 14.2. The Bertz CT molecular complexity index is 2850. The largest absolute Gasteiger partial charge is 0.236 e. The number of aromatic nitrogens is 1. The Morgan fingerprint density at radius 1 is 0.314 bits per heavy atom. The molecule has 0 saturated heterocycles. The van der Waals surface area contributed by atoms with Gasteiger partial charge in [-0.3, -0.25) is 0 Å². The van der Waals surface area contributed by atoms with Crippen LogP contribution in [0, 0.1) is 0 Å². The minimum absolute atomic E-state index is 1.05. The van der Waals surface area contributed by atoms with Crippen LogP contribution in [-0.4, -0.2) is 4.98 Å². The van der Waals surface area contributed by atoms with Crippen LogP contribution in [0.5, 0.6) is 0 Å². The summed E-state index contributed by atoms with van der Waals surface area (Å²) in [5, 5.41) is 8.56. The van der Waals surface area contributed by atoms with Crippen LogP contribution < -0.4 is 0 Å². The van der Waals surface area contributed by atoms with Gasteiger partial charge in [0.1, 0.15) is 5.01 Å². The molecule has 0 aliphatic rings. The van der Waals surface area contributed by atoms with Gasteiger partial charge in [-0.1, -0.05) is 146 Å². The molecular weight excluding hydrogens is 635 g/mol. The van der Waals surface area contributed by atoms with Crippen molar-refractivity contribution in [2.75, 3.05) is 0 Å². The molecule has 0 N–H and O–H groups in total. The summed E-state index contributed by atoms with van der Waals surface area (Å²) in [7, 11) is 0. The molecule has 9 aromatic carbocycles. The number of nitrogens with zero attached hydrogens (tertiary/aromatic N) is 1. The van der Waals surface area contributed by atoms with Crippen molar-refractivity contribution in [3.63, 3.8) is 0 Å². The standard InChI is InChI=1S/C49H31NS/c1-3-11-33(12-4-1)43-28-36-15-7-8-16-37(36)29-45(43)39-24-26-42-41-25-23-38(27-40(41)31-44(46(42)30-39)34-13-5-2-6-14-34)32-19-21-35(22-20-32)49-50-47-17-9-10-18-48(47)51-49/h1-31H. The lowest BCUT2D eigenvalue weighted by atomic mass is 9.87. The summed E-state index contributed by atoms with van der Waals surface area (Å²) in [6.45, 7) is 0. The lowest BCUT2D eigenvalue weighted by Crippen LogP contribution is -1.90. The molecule has 10 aromatic rings. The molecule has 0 aliphatic carbocycles. The van der Waals surface area contributed by atoms with Crippen LogP contribution in [0.15, 0.2) is 188 Å². The molecule has 0 radical (unpaired) electrons. The fraction of sp³-hybridized carbons (Fsp3) is 0. The number of thiazole rings is 1. The van der Waals surface area contributed by atoms with Gasteiger partial charge in [-0.05, 0) is 119 Å². The summed E-state index contributed by atoms with van der Waals surface area (Å²) in [6.07, 6.45) is 0. The molecule has 238 valence electrons. The van der Waals surface area contributed by atoms with Crippen LogP contribution in [0.25, 0.3) is 97.6 Å². The zero-order valence-electron chi connectivity index (χ0n) is 27.8. The van der Waals surface area contributed by atoms with E-state index in [0.717, 1.165) is 16.1 Å². The summed E-state index contributed by atoms with van der Waals surface area (Å²) in [6, 6.07) is 68.5. The molecule has 0 aliphatic heterocycles. The van der Waals surface area contributed by atoms with Crippen molar-refractivity contribution in [3.8, 4) is 55.1 Å². The monoisotopic (exact) mass is 665 g/mol. The predicted molar refractivity (Wildman–Crippen MR) is 219 cm³/mol. The van der Waals surface area contributed by atoms with E-state index in [1.165, 1.54) is 81.5 Å². The molecule has 2 heteroatoms. The average Bonchev–Trinajstić information content (AvgIpc) is 3.65. The minimum atomic E-state index is 1.05. The maximum absolute atomic E-state index is 4.87. The first-order chi connectivity index (χ1) is 25.2. The van der Waals surface area contributed by atoms with Crippen LogP contribution in [-0.2, 0) is 0 Å². The topological polar surface area (TPSA) is 12.9 Å². The highest BCUT2D eigenvalue weighted by Gasteiger charge is 2.15. The third kappa shape index (κ3) is 5.29. The van der Waals surface area contributed by atoms with Crippen LogP contribution in [0.4, 0.5) is 0 Å². The first-order valence-electron chi connectivity index (χ1n) is 17.4. The number of para-hydroxylation sites is 1. The van der Waals surface area contributed by atoms with E-state index in [1.54, 1.807) is 11.3 Å². The highest BCUT2D eigenvalue weighted by atomic mass is 32.1. The Kier molecular flexibility index (Phi) is 7.07. The van der Waals surface area contributed by atoms with Crippen LogP contribution in [0.1, 0.15) is 0 Å². The Morgan fingerprint density at radius 2 is 0.863 bits per heavy atom. The third-order valence-electron chi connectivity index (χ3n) is 10.1. The Balaban J connectivity index is 1.12. The molecule has 0 unspecified atom stereocenters. The SMILES string of the molecule is c1ccc(-c2cc3ccccc3cc2-c2ccc3c(c2)c(-c2ccccc2)cc2cc(-c4ccc(-c5nc6ccccc6s5)cc4)ccc23)cc1. The molecule has 51 heavy (non-hydrogen) atoms. The predicted octanol–water partition coefficient (Wildman–Crippen LogP) is 14.1. The van der Waals surface area contributed by atoms with Gasteiger partial charge in [0.15, 0.2) is 0 Å². The van der Waals surface area contributed by atoms with Crippen molar-refractivity contribution < 1.29 is 0 Å². The molecular formula is C49H31NS. The molecule has 0 spiro atoms. The van der Waals surface area contributed by atoms with E-state index in [2.05, 4.69) is 182 Å². The van der Waals surface area contributed by atoms with Crippen molar-refractivity contribution in [2.24, 2.45) is 0 Å². The number of fused-ring (bicyclic) bond motifs is 5. The minimum Gasteiger partial charge on any atom is -0.236 e. The number of rotatable bonds is 5. The summed E-state index contributed by atoms with van der Waals surface area (Å²) < 4.78 is 1.22. The van der Waals surface area contributed by atoms with E-state index in [4.69, 9.17) is 4.98 Å². The van der Waals surface area contributed by atoms with Crippen molar-refractivity contribution in [1.29, 1.82) is 0 Å². The van der Waals surface area contributed by atoms with Crippen LogP contribution in [0.3, 0.4) is 0 Å². The van der Waals surface area contributed by atoms with Crippen molar-refractivity contribution in [2.45, 2.75) is 0 Å². The molecule has 0 bridgehead atoms. The zero-order chi connectivity index (χ0) is 33.7. The van der Waals surface area contributed by atoms with Crippen molar-refractivity contribution in [1.82, 2.24) is 4.98 Å². The van der Waals surface area contributed by atoms with Gasteiger partial charge >= 0.3 is 0 Å². The van der Waals surface area contributed by atoms with E-state index >= 15 is 0 Å². The molecule has 0 amide bonds. The normalized spacial score (nSPS) is 11.5. The smallest absolute Gasteiger partial charge is 0.124 e. The Labute approximate surface area is 300 Å². The van der Waals surface area contributed by atoms with Gasteiger partial charge in [0.25, 0.3) is 0 Å². The van der Waals surface area contributed by atoms with Crippen LogP contribution in [0.2, 0.25) is 0 Å². The molecule has 1 heterocycles. The van der Waals surface area contributed by atoms with Gasteiger partial charge < -0.3 is 0 Å². The summed E-state index contributed by atoms with van der Waals surface area (Å²) in [5.74, 6) is 0. The van der Waals surface area contributed by atoms with E-state index in [0.29, 0.717) is 0 Å². The van der Waals surface area contributed by atoms with E-state index in [9.17, 15) is 0 Å². The lowest BCUT2D eigenvalue weighted by molar-refractivity contribution is 1.48. The number of hydrogen-bond acceptors (Lipinski definition) is 2. The number of hydrogen-bond donors (Lipinski definition) is 0. The quantitative estimate of drug-likeness (QED) is 0.167. The fourth-order valence-corrected chi connectivity index (χ4v) is 8.47. The van der Waals surface area contributed by atoms with E-state index in [-0.39, 0.29) is 0 Å². The maximum atomic E-state index is 4.87. The number of benzene rings is 9. The van der Waals surface area contributed by atoms with Crippen molar-refractivity contribution in [3.05, 3.63) is 188 Å². The molecule has 10 rings (SSSR count). The Hall–Kier alpha value is -6.35. The van der Waals surface area contributed by atoms with Gasteiger partial charge in [0, 0.05) is 5.56 Å². The Morgan fingerprint density at radius 3 is 1.59 bits per heavy atom. The summed E-state index contributed by atoms with van der Waals surface area (Å²) >= 11 is 1.74. The average molecular weight is 666 g/mol. The van der Waals surface area contributed by atoms with Crippen LogP contribution >= 0.6 is 11.3 Å². The van der Waals surface area contributed by atoms with Gasteiger partial charge in [-0.15, -0.1) is 11.3 Å². The second kappa shape index (κ2) is 12.2. The summed E-state index contributed by atoms with van der Waals surface area (Å²) in [5.41, 5.74) is 12.0. The molecule has 0 fully saturated rings. The van der Waals surface area contributed by atoms with Crippen molar-refractivity contribution >= 4 is 53.9 Å². The first kappa shape index (κ1) is 29.6. The second-order valence-electron chi connectivity index (χ2n) is 13.2. The lowest BCUT2D eigenvalue weighted by Gasteiger charge is -2.16. The third-order valence-corrected chi connectivity index (χ3v) is 11.2. The fourth-order valence-electron chi connectivity index (χ4n) is 7.50. The van der Waals surface area contributed by atoms with Gasteiger partial charge in [0.2, 0.25) is 0 Å². The molecule has 0 saturated carbocycles. The molecule has 1 nitrogen and oxygen atoms in total. The highest BCUT2D eigenvalue weighted by Crippen LogP contribution is 2.42. The van der Waals surface area contributed by atoms with Gasteiger partial charge in [0.05, 0.1) is 10.2 Å². The van der Waals surface area contributed by atoms with Gasteiger partial charge in [-0.25, -0.2) is 4.98 Å². The molecule has 1 aromatic heterocycles. The first-order valence-corrected chi connectivity index (χ1v) is 18.2. The van der Waals surface area contributed by atoms with Gasteiger partial charge in [-0.2, -0.15) is 0 Å².